The van der Waals surface area contributed by atoms with Gasteiger partial charge in [0, 0.05) is 54.5 Å². The summed E-state index contributed by atoms with van der Waals surface area (Å²) in [6.45, 7) is 0. The lowest BCUT2D eigenvalue weighted by atomic mass is 10.1. The Balaban J connectivity index is 1.18. The summed E-state index contributed by atoms with van der Waals surface area (Å²) in [5.41, 5.74) is 10.7. The first-order chi connectivity index (χ1) is 24.7. The number of benzene rings is 7. The van der Waals surface area contributed by atoms with Crippen LogP contribution in [0.15, 0.2) is 142 Å². The molecule has 0 atom stereocenters. The van der Waals surface area contributed by atoms with Crippen molar-refractivity contribution < 1.29 is 8.83 Å². The minimum absolute atomic E-state index is 0.610. The first kappa shape index (κ1) is 26.8. The Hall–Kier alpha value is -7.28. The molecule has 6 heteroatoms. The SMILES string of the molecule is N#Cc1ccc2c(c1)c1ccccc1n2-c1ccc2oc3ccc(-n4c5ccc(C#N)cc5c5cc6oc7ccccc7c6cc54)cc3c2c1. The minimum atomic E-state index is 0.610. The molecule has 4 heterocycles. The summed E-state index contributed by atoms with van der Waals surface area (Å²) in [5, 5.41) is 27.7. The molecule has 0 radical (unpaired) electrons. The van der Waals surface area contributed by atoms with Crippen LogP contribution >= 0.6 is 0 Å². The minimum Gasteiger partial charge on any atom is -0.456 e. The average Bonchev–Trinajstić information content (AvgIpc) is 3.90. The summed E-state index contributed by atoms with van der Waals surface area (Å²) >= 11 is 0. The molecule has 50 heavy (non-hydrogen) atoms. The van der Waals surface area contributed by atoms with Crippen LogP contribution in [0.3, 0.4) is 0 Å². The fraction of sp³-hybridized carbons (Fsp3) is 0. The van der Waals surface area contributed by atoms with Gasteiger partial charge in [-0.15, -0.1) is 0 Å². The predicted octanol–water partition coefficient (Wildman–Crippen LogP) is 11.4. The zero-order chi connectivity index (χ0) is 33.1. The smallest absolute Gasteiger partial charge is 0.136 e. The summed E-state index contributed by atoms with van der Waals surface area (Å²) < 4.78 is 17.2. The third-order valence-electron chi connectivity index (χ3n) is 10.1. The van der Waals surface area contributed by atoms with E-state index in [0.29, 0.717) is 11.1 Å². The second kappa shape index (κ2) is 9.64. The molecule has 230 valence electrons. The summed E-state index contributed by atoms with van der Waals surface area (Å²) in [6.07, 6.45) is 0. The molecule has 0 fully saturated rings. The van der Waals surface area contributed by atoms with Crippen LogP contribution in [0.4, 0.5) is 0 Å². The van der Waals surface area contributed by atoms with Crippen molar-refractivity contribution in [1.29, 1.82) is 10.5 Å². The fourth-order valence-electron chi connectivity index (χ4n) is 7.94. The normalized spacial score (nSPS) is 12.0. The van der Waals surface area contributed by atoms with Gasteiger partial charge in [0.2, 0.25) is 0 Å². The number of furan rings is 2. The van der Waals surface area contributed by atoms with Crippen molar-refractivity contribution in [2.75, 3.05) is 0 Å². The van der Waals surface area contributed by atoms with Crippen LogP contribution in [-0.2, 0) is 0 Å². The number of fused-ring (bicyclic) bond motifs is 12. The van der Waals surface area contributed by atoms with Gasteiger partial charge in [-0.2, -0.15) is 10.5 Å². The number of nitriles is 2. The van der Waals surface area contributed by atoms with Crippen LogP contribution in [0.1, 0.15) is 11.1 Å². The van der Waals surface area contributed by atoms with E-state index in [4.69, 9.17) is 8.83 Å². The van der Waals surface area contributed by atoms with E-state index in [-0.39, 0.29) is 0 Å². The van der Waals surface area contributed by atoms with Crippen molar-refractivity contribution in [2.45, 2.75) is 0 Å². The molecule has 0 aliphatic rings. The molecule has 11 rings (SSSR count). The molecule has 11 aromatic rings. The van der Waals surface area contributed by atoms with Crippen molar-refractivity contribution in [3.8, 4) is 23.5 Å². The molecule has 0 aliphatic heterocycles. The van der Waals surface area contributed by atoms with Gasteiger partial charge in [-0.3, -0.25) is 0 Å². The maximum atomic E-state index is 9.79. The van der Waals surface area contributed by atoms with Crippen molar-refractivity contribution in [3.05, 3.63) is 145 Å². The van der Waals surface area contributed by atoms with Gasteiger partial charge in [0.25, 0.3) is 0 Å². The highest BCUT2D eigenvalue weighted by Crippen LogP contribution is 2.41. The summed E-state index contributed by atoms with van der Waals surface area (Å²) in [5.74, 6) is 0. The van der Waals surface area contributed by atoms with E-state index < -0.39 is 0 Å². The molecule has 0 saturated heterocycles. The molecule has 0 unspecified atom stereocenters. The van der Waals surface area contributed by atoms with E-state index in [2.05, 4.69) is 75.9 Å². The lowest BCUT2D eigenvalue weighted by molar-refractivity contribution is 0.668. The van der Waals surface area contributed by atoms with Crippen molar-refractivity contribution in [3.63, 3.8) is 0 Å². The van der Waals surface area contributed by atoms with Crippen molar-refractivity contribution in [1.82, 2.24) is 9.13 Å². The van der Waals surface area contributed by atoms with Gasteiger partial charge in [-0.25, -0.2) is 0 Å². The molecule has 4 aromatic heterocycles. The van der Waals surface area contributed by atoms with Crippen molar-refractivity contribution >= 4 is 87.5 Å². The third-order valence-corrected chi connectivity index (χ3v) is 10.1. The van der Waals surface area contributed by atoms with Gasteiger partial charge in [0.05, 0.1) is 45.3 Å². The first-order valence-corrected chi connectivity index (χ1v) is 16.4. The summed E-state index contributed by atoms with van der Waals surface area (Å²) in [4.78, 5) is 0. The van der Waals surface area contributed by atoms with Gasteiger partial charge in [0.15, 0.2) is 0 Å². The third kappa shape index (κ3) is 3.54. The van der Waals surface area contributed by atoms with Gasteiger partial charge >= 0.3 is 0 Å². The number of hydrogen-bond donors (Lipinski definition) is 0. The van der Waals surface area contributed by atoms with Crippen molar-refractivity contribution in [2.24, 2.45) is 0 Å². The van der Waals surface area contributed by atoms with E-state index in [0.717, 1.165) is 98.9 Å². The predicted molar refractivity (Wildman–Crippen MR) is 199 cm³/mol. The molecule has 0 saturated carbocycles. The van der Waals surface area contributed by atoms with Crippen LogP contribution in [0.5, 0.6) is 0 Å². The monoisotopic (exact) mass is 638 g/mol. The molecule has 0 N–H and O–H groups in total. The molecule has 0 bridgehead atoms. The summed E-state index contributed by atoms with van der Waals surface area (Å²) in [6, 6.07) is 49.8. The lowest BCUT2D eigenvalue weighted by Crippen LogP contribution is -1.94. The topological polar surface area (TPSA) is 83.7 Å². The number of para-hydroxylation sites is 2. The molecular formula is C44H22N4O2. The zero-order valence-electron chi connectivity index (χ0n) is 26.3. The second-order valence-electron chi connectivity index (χ2n) is 12.8. The van der Waals surface area contributed by atoms with Gasteiger partial charge < -0.3 is 18.0 Å². The summed E-state index contributed by atoms with van der Waals surface area (Å²) in [7, 11) is 0. The van der Waals surface area contributed by atoms with E-state index in [1.165, 1.54) is 0 Å². The second-order valence-corrected chi connectivity index (χ2v) is 12.8. The highest BCUT2D eigenvalue weighted by atomic mass is 16.3. The van der Waals surface area contributed by atoms with E-state index in [1.54, 1.807) is 0 Å². The Morgan fingerprint density at radius 1 is 0.360 bits per heavy atom. The number of nitrogens with zero attached hydrogens (tertiary/aromatic N) is 4. The standard InChI is InChI=1S/C44H22N4O2/c45-23-25-9-13-38-31(17-25)29-5-1-3-7-37(29)47(38)27-11-15-42-34(19-27)35-20-28(12-16-43(35)49-42)48-39-14-10-26(24-46)18-32(39)33-22-44-36(21-40(33)48)30-6-2-4-8-41(30)50-44/h1-22H. The highest BCUT2D eigenvalue weighted by molar-refractivity contribution is 6.18. The first-order valence-electron chi connectivity index (χ1n) is 16.4. The molecule has 0 spiro atoms. The van der Waals surface area contributed by atoms with E-state index in [9.17, 15) is 10.5 Å². The van der Waals surface area contributed by atoms with Gasteiger partial charge in [-0.1, -0.05) is 36.4 Å². The van der Waals surface area contributed by atoms with Crippen LogP contribution in [0, 0.1) is 22.7 Å². The Labute approximate surface area is 283 Å². The van der Waals surface area contributed by atoms with Crippen LogP contribution < -0.4 is 0 Å². The van der Waals surface area contributed by atoms with E-state index in [1.807, 2.05) is 78.9 Å². The Morgan fingerprint density at radius 3 is 1.54 bits per heavy atom. The van der Waals surface area contributed by atoms with Crippen LogP contribution in [0.2, 0.25) is 0 Å². The molecule has 7 aromatic carbocycles. The molecule has 0 aliphatic carbocycles. The molecule has 0 amide bonds. The average molecular weight is 639 g/mol. The molecular weight excluding hydrogens is 617 g/mol. The highest BCUT2D eigenvalue weighted by Gasteiger charge is 2.19. The Kier molecular flexibility index (Phi) is 5.16. The quantitative estimate of drug-likeness (QED) is 0.189. The van der Waals surface area contributed by atoms with Crippen LogP contribution in [-0.4, -0.2) is 9.13 Å². The largest absolute Gasteiger partial charge is 0.456 e. The maximum Gasteiger partial charge on any atom is 0.136 e. The van der Waals surface area contributed by atoms with Gasteiger partial charge in [-0.05, 0) is 97.1 Å². The van der Waals surface area contributed by atoms with Gasteiger partial charge in [0.1, 0.15) is 22.3 Å². The number of aromatic nitrogens is 2. The van der Waals surface area contributed by atoms with Crippen LogP contribution in [0.25, 0.3) is 98.9 Å². The Bertz CT molecular complexity index is 3360. The zero-order valence-corrected chi connectivity index (χ0v) is 26.3. The lowest BCUT2D eigenvalue weighted by Gasteiger charge is -2.09. The maximum absolute atomic E-state index is 9.79. The Morgan fingerprint density at radius 2 is 0.860 bits per heavy atom. The fourth-order valence-corrected chi connectivity index (χ4v) is 7.94. The number of hydrogen-bond acceptors (Lipinski definition) is 4. The number of rotatable bonds is 2. The van der Waals surface area contributed by atoms with E-state index >= 15 is 0 Å². The molecule has 6 nitrogen and oxygen atoms in total.